The molecule has 0 saturated heterocycles. The van der Waals surface area contributed by atoms with Gasteiger partial charge in [0.25, 0.3) is 0 Å². The Labute approximate surface area is 151 Å². The van der Waals surface area contributed by atoms with E-state index in [1.54, 1.807) is 7.11 Å². The zero-order chi connectivity index (χ0) is 16.8. The van der Waals surface area contributed by atoms with E-state index in [2.05, 4.69) is 31.4 Å². The molecule has 0 spiro atoms. The van der Waals surface area contributed by atoms with E-state index >= 15 is 0 Å². The molecule has 24 heavy (non-hydrogen) atoms. The lowest BCUT2D eigenvalue weighted by Crippen LogP contribution is -2.35. The van der Waals surface area contributed by atoms with Crippen LogP contribution in [-0.2, 0) is 4.79 Å². The topological polar surface area (TPSA) is 50.4 Å². The molecule has 2 rings (SSSR count). The number of allylic oxidation sites excluding steroid dienone is 1. The minimum atomic E-state index is 0. The second kappa shape index (κ2) is 9.70. The molecule has 0 radical (unpaired) electrons. The van der Waals surface area contributed by atoms with E-state index < -0.39 is 0 Å². The van der Waals surface area contributed by atoms with Crippen LogP contribution in [0.1, 0.15) is 45.6 Å². The molecule has 1 aromatic carbocycles. The second-order valence-electron chi connectivity index (χ2n) is 6.47. The molecular weight excluding hydrogens is 324 g/mol. The average Bonchev–Trinajstić information content (AvgIpc) is 2.69. The molecule has 1 atom stereocenters. The Hall–Kier alpha value is -1.52. The summed E-state index contributed by atoms with van der Waals surface area (Å²) >= 11 is 0. The zero-order valence-corrected chi connectivity index (χ0v) is 15.8. The third kappa shape index (κ3) is 5.53. The van der Waals surface area contributed by atoms with Crippen molar-refractivity contribution >= 4 is 23.9 Å². The van der Waals surface area contributed by atoms with Crippen molar-refractivity contribution in [2.75, 3.05) is 13.7 Å². The number of benzene rings is 1. The first kappa shape index (κ1) is 20.5. The van der Waals surface area contributed by atoms with Gasteiger partial charge < -0.3 is 15.4 Å². The highest BCUT2D eigenvalue weighted by Gasteiger charge is 2.21. The first-order chi connectivity index (χ1) is 11.0. The lowest BCUT2D eigenvalue weighted by atomic mass is 9.92. The van der Waals surface area contributed by atoms with Crippen molar-refractivity contribution in [1.82, 2.24) is 10.6 Å². The van der Waals surface area contributed by atoms with Crippen LogP contribution in [0.4, 0.5) is 0 Å². The first-order valence-corrected chi connectivity index (χ1v) is 8.42. The molecule has 0 saturated carbocycles. The lowest BCUT2D eigenvalue weighted by molar-refractivity contribution is -0.117. The summed E-state index contributed by atoms with van der Waals surface area (Å²) in [5, 5.41) is 6.51. The maximum absolute atomic E-state index is 12.5. The Kier molecular flexibility index (Phi) is 8.29. The van der Waals surface area contributed by atoms with Crippen molar-refractivity contribution in [3.8, 4) is 5.75 Å². The van der Waals surface area contributed by atoms with E-state index in [9.17, 15) is 4.79 Å². The highest BCUT2D eigenvalue weighted by molar-refractivity contribution is 6.01. The van der Waals surface area contributed by atoms with Gasteiger partial charge in [0.2, 0.25) is 5.91 Å². The van der Waals surface area contributed by atoms with Gasteiger partial charge in [-0.05, 0) is 49.5 Å². The number of nitrogens with one attached hydrogen (secondary N) is 2. The van der Waals surface area contributed by atoms with Crippen LogP contribution in [0.25, 0.3) is 5.57 Å². The van der Waals surface area contributed by atoms with Crippen LogP contribution in [0.2, 0.25) is 0 Å². The molecule has 0 bridgehead atoms. The standard InChI is InChI=1S/C19H28N2O2.ClH/c1-13(2)21-14(3)12-18-17(6-5-11-20-19(18)22)15-7-9-16(23-4)10-8-15;/h7-10,13-14,21H,5-6,11-12H2,1-4H3,(H,20,22);1H. The highest BCUT2D eigenvalue weighted by atomic mass is 35.5. The Morgan fingerprint density at radius 3 is 2.46 bits per heavy atom. The molecule has 0 aromatic heterocycles. The largest absolute Gasteiger partial charge is 0.497 e. The van der Waals surface area contributed by atoms with Crippen molar-refractivity contribution in [3.63, 3.8) is 0 Å². The number of carbonyl (C=O) groups excluding carboxylic acids is 1. The number of carbonyl (C=O) groups is 1. The van der Waals surface area contributed by atoms with Gasteiger partial charge in [-0.2, -0.15) is 0 Å². The van der Waals surface area contributed by atoms with Gasteiger partial charge in [-0.1, -0.05) is 26.0 Å². The summed E-state index contributed by atoms with van der Waals surface area (Å²) in [6.45, 7) is 7.13. The maximum atomic E-state index is 12.5. The van der Waals surface area contributed by atoms with Crippen LogP contribution < -0.4 is 15.4 Å². The van der Waals surface area contributed by atoms with Crippen molar-refractivity contribution in [2.45, 2.75) is 52.1 Å². The van der Waals surface area contributed by atoms with E-state index in [0.717, 1.165) is 42.7 Å². The number of hydrogen-bond acceptors (Lipinski definition) is 3. The third-order valence-electron chi connectivity index (χ3n) is 4.09. The monoisotopic (exact) mass is 352 g/mol. The molecule has 1 aliphatic heterocycles. The van der Waals surface area contributed by atoms with Crippen LogP contribution >= 0.6 is 12.4 Å². The molecule has 1 unspecified atom stereocenters. The Balaban J connectivity index is 0.00000288. The van der Waals surface area contributed by atoms with Gasteiger partial charge in [-0.25, -0.2) is 0 Å². The van der Waals surface area contributed by atoms with Crippen molar-refractivity contribution in [3.05, 3.63) is 35.4 Å². The number of halogens is 1. The molecular formula is C19H29ClN2O2. The molecule has 0 fully saturated rings. The van der Waals surface area contributed by atoms with Gasteiger partial charge in [0.15, 0.2) is 0 Å². The molecule has 0 aliphatic carbocycles. The zero-order valence-electron chi connectivity index (χ0n) is 15.0. The molecule has 2 N–H and O–H groups in total. The number of hydrogen-bond donors (Lipinski definition) is 2. The van der Waals surface area contributed by atoms with E-state index in [-0.39, 0.29) is 24.4 Å². The number of ether oxygens (including phenoxy) is 1. The quantitative estimate of drug-likeness (QED) is 0.823. The molecule has 5 heteroatoms. The molecule has 4 nitrogen and oxygen atoms in total. The van der Waals surface area contributed by atoms with Crippen LogP contribution in [0.15, 0.2) is 29.8 Å². The summed E-state index contributed by atoms with van der Waals surface area (Å²) in [6, 6.07) is 8.68. The minimum Gasteiger partial charge on any atom is -0.497 e. The second-order valence-corrected chi connectivity index (χ2v) is 6.47. The van der Waals surface area contributed by atoms with E-state index in [1.807, 2.05) is 24.3 Å². The van der Waals surface area contributed by atoms with Gasteiger partial charge in [-0.15, -0.1) is 12.4 Å². The number of methoxy groups -OCH3 is 1. The molecule has 1 aliphatic rings. The SMILES string of the molecule is COc1ccc(C2=C(CC(C)NC(C)C)C(=O)NCCC2)cc1.Cl. The van der Waals surface area contributed by atoms with Crippen LogP contribution in [0, 0.1) is 0 Å². The Morgan fingerprint density at radius 1 is 1.21 bits per heavy atom. The summed E-state index contributed by atoms with van der Waals surface area (Å²) in [7, 11) is 1.66. The van der Waals surface area contributed by atoms with Crippen molar-refractivity contribution in [1.29, 1.82) is 0 Å². The molecule has 1 aromatic rings. The highest BCUT2D eigenvalue weighted by Crippen LogP contribution is 2.29. The maximum Gasteiger partial charge on any atom is 0.247 e. The van der Waals surface area contributed by atoms with Crippen molar-refractivity contribution < 1.29 is 9.53 Å². The van der Waals surface area contributed by atoms with E-state index in [1.165, 1.54) is 5.57 Å². The van der Waals surface area contributed by atoms with Gasteiger partial charge in [0.05, 0.1) is 7.11 Å². The fourth-order valence-corrected chi connectivity index (χ4v) is 3.12. The van der Waals surface area contributed by atoms with Gasteiger partial charge in [-0.3, -0.25) is 4.79 Å². The van der Waals surface area contributed by atoms with Crippen LogP contribution in [0.3, 0.4) is 0 Å². The normalized spacial score (nSPS) is 16.3. The van der Waals surface area contributed by atoms with Gasteiger partial charge >= 0.3 is 0 Å². The first-order valence-electron chi connectivity index (χ1n) is 8.42. The van der Waals surface area contributed by atoms with E-state index in [0.29, 0.717) is 6.04 Å². The summed E-state index contributed by atoms with van der Waals surface area (Å²) in [4.78, 5) is 12.5. The van der Waals surface area contributed by atoms with Crippen LogP contribution in [0.5, 0.6) is 5.75 Å². The third-order valence-corrected chi connectivity index (χ3v) is 4.09. The molecule has 1 amide bonds. The fourth-order valence-electron chi connectivity index (χ4n) is 3.12. The van der Waals surface area contributed by atoms with Gasteiger partial charge in [0.1, 0.15) is 5.75 Å². The molecule has 134 valence electrons. The summed E-state index contributed by atoms with van der Waals surface area (Å²) in [6.07, 6.45) is 2.64. The lowest BCUT2D eigenvalue weighted by Gasteiger charge is -2.20. The average molecular weight is 353 g/mol. The summed E-state index contributed by atoms with van der Waals surface area (Å²) in [5.74, 6) is 0.912. The number of amides is 1. The van der Waals surface area contributed by atoms with Gasteiger partial charge in [0, 0.05) is 24.2 Å². The van der Waals surface area contributed by atoms with Crippen LogP contribution in [-0.4, -0.2) is 31.6 Å². The fraction of sp³-hybridized carbons (Fsp3) is 0.526. The number of rotatable bonds is 6. The Morgan fingerprint density at radius 2 is 1.88 bits per heavy atom. The minimum absolute atomic E-state index is 0. The van der Waals surface area contributed by atoms with E-state index in [4.69, 9.17) is 4.74 Å². The predicted octanol–water partition coefficient (Wildman–Crippen LogP) is 3.56. The Bertz CT molecular complexity index is 567. The van der Waals surface area contributed by atoms with Crippen molar-refractivity contribution in [2.24, 2.45) is 0 Å². The smallest absolute Gasteiger partial charge is 0.247 e. The summed E-state index contributed by atoms with van der Waals surface area (Å²) < 4.78 is 5.23. The molecule has 1 heterocycles. The summed E-state index contributed by atoms with van der Waals surface area (Å²) in [5.41, 5.74) is 3.20. The predicted molar refractivity (Wildman–Crippen MR) is 102 cm³/mol.